The van der Waals surface area contributed by atoms with E-state index in [1.54, 1.807) is 6.07 Å². The predicted octanol–water partition coefficient (Wildman–Crippen LogP) is 5.48. The number of nitrogens with zero attached hydrogens (tertiary/aromatic N) is 1. The highest BCUT2D eigenvalue weighted by atomic mass is 32.2. The fraction of sp³-hybridized carbons (Fsp3) is 0.714. The Hall–Kier alpha value is -0.670. The maximum atomic E-state index is 9.91. The molecule has 1 unspecified atom stereocenters. The molecule has 1 aromatic carbocycles. The number of phenolic OH excluding ortho intramolecular Hbond substituents is 1. The van der Waals surface area contributed by atoms with Crippen LogP contribution < -0.4 is 0 Å². The van der Waals surface area contributed by atoms with E-state index in [-0.39, 0.29) is 0 Å². The number of hydrogen-bond acceptors (Lipinski definition) is 3. The van der Waals surface area contributed by atoms with Gasteiger partial charge in [-0.25, -0.2) is 0 Å². The molecule has 1 N–H and O–H groups in total. The van der Waals surface area contributed by atoms with Crippen molar-refractivity contribution < 1.29 is 5.11 Å². The van der Waals surface area contributed by atoms with Crippen LogP contribution in [0.25, 0.3) is 0 Å². The van der Waals surface area contributed by atoms with Crippen LogP contribution in [0.3, 0.4) is 0 Å². The zero-order valence-corrected chi connectivity index (χ0v) is 16.1. The average Bonchev–Trinajstić information content (AvgIpc) is 2.59. The highest BCUT2D eigenvalue weighted by Gasteiger charge is 2.34. The van der Waals surface area contributed by atoms with Gasteiger partial charge in [0.05, 0.1) is 0 Å². The molecule has 1 heterocycles. The zero-order chi connectivity index (χ0) is 16.9. The quantitative estimate of drug-likeness (QED) is 0.763. The van der Waals surface area contributed by atoms with Gasteiger partial charge < -0.3 is 5.11 Å². The summed E-state index contributed by atoms with van der Waals surface area (Å²) in [7, 11) is 0. The number of rotatable bonds is 5. The second-order valence-corrected chi connectivity index (χ2v) is 9.24. The molecule has 0 aromatic heterocycles. The summed E-state index contributed by atoms with van der Waals surface area (Å²) in [6.45, 7) is 7.14. The van der Waals surface area contributed by atoms with Crippen molar-refractivity contribution in [3.8, 4) is 5.75 Å². The topological polar surface area (TPSA) is 23.5 Å². The lowest BCUT2D eigenvalue weighted by atomic mass is 9.79. The maximum Gasteiger partial charge on any atom is 0.115 e. The van der Waals surface area contributed by atoms with Crippen molar-refractivity contribution in [2.75, 3.05) is 18.8 Å². The number of piperidine rings is 1. The monoisotopic (exact) mass is 347 g/mol. The van der Waals surface area contributed by atoms with Crippen molar-refractivity contribution >= 4 is 11.8 Å². The van der Waals surface area contributed by atoms with E-state index in [0.717, 1.165) is 11.2 Å². The van der Waals surface area contributed by atoms with E-state index in [1.165, 1.54) is 62.9 Å². The van der Waals surface area contributed by atoms with Crippen LogP contribution in [-0.4, -0.2) is 34.1 Å². The molecule has 3 rings (SSSR count). The van der Waals surface area contributed by atoms with Gasteiger partial charge in [-0.2, -0.15) is 11.8 Å². The summed E-state index contributed by atoms with van der Waals surface area (Å²) in [5.74, 6) is 3.04. The molecule has 3 heteroatoms. The van der Waals surface area contributed by atoms with Crippen molar-refractivity contribution in [2.45, 2.75) is 63.7 Å². The zero-order valence-electron chi connectivity index (χ0n) is 15.3. The Labute approximate surface area is 152 Å². The molecule has 24 heavy (non-hydrogen) atoms. The van der Waals surface area contributed by atoms with Crippen molar-refractivity contribution in [2.24, 2.45) is 11.8 Å². The third kappa shape index (κ3) is 4.49. The molecular weight excluding hydrogens is 314 g/mol. The molecule has 2 aliphatic rings. The summed E-state index contributed by atoms with van der Waals surface area (Å²) in [6, 6.07) is 8.39. The van der Waals surface area contributed by atoms with Crippen LogP contribution in [0.4, 0.5) is 0 Å². The number of likely N-dealkylation sites (tertiary alicyclic amines) is 1. The Morgan fingerprint density at radius 2 is 1.92 bits per heavy atom. The van der Waals surface area contributed by atoms with Gasteiger partial charge in [0, 0.05) is 23.6 Å². The summed E-state index contributed by atoms with van der Waals surface area (Å²) in [5.41, 5.74) is 1.29. The maximum absolute atomic E-state index is 9.91. The Balaban J connectivity index is 1.63. The van der Waals surface area contributed by atoms with E-state index >= 15 is 0 Å². The molecule has 0 amide bonds. The van der Waals surface area contributed by atoms with Crippen molar-refractivity contribution in [3.63, 3.8) is 0 Å². The molecule has 1 aromatic rings. The van der Waals surface area contributed by atoms with Gasteiger partial charge in [-0.3, -0.25) is 4.90 Å². The van der Waals surface area contributed by atoms with Crippen molar-refractivity contribution in [3.05, 3.63) is 29.8 Å². The van der Waals surface area contributed by atoms with Crippen molar-refractivity contribution in [1.82, 2.24) is 4.90 Å². The Morgan fingerprint density at radius 3 is 2.67 bits per heavy atom. The molecule has 1 aliphatic carbocycles. The largest absolute Gasteiger partial charge is 0.508 e. The molecule has 134 valence electrons. The van der Waals surface area contributed by atoms with Crippen LogP contribution in [0.15, 0.2) is 24.3 Å². The first kappa shape index (κ1) is 18.1. The summed E-state index contributed by atoms with van der Waals surface area (Å²) >= 11 is 2.20. The van der Waals surface area contributed by atoms with Gasteiger partial charge in [-0.1, -0.05) is 45.2 Å². The smallest absolute Gasteiger partial charge is 0.115 e. The molecule has 2 fully saturated rings. The second-order valence-electron chi connectivity index (χ2n) is 7.83. The first-order valence-electron chi connectivity index (χ1n) is 9.79. The molecule has 3 atom stereocenters. The van der Waals surface area contributed by atoms with Gasteiger partial charge in [-0.15, -0.1) is 0 Å². The molecule has 0 spiro atoms. The van der Waals surface area contributed by atoms with Crippen LogP contribution >= 0.6 is 11.8 Å². The average molecular weight is 348 g/mol. The van der Waals surface area contributed by atoms with Crippen molar-refractivity contribution in [1.29, 1.82) is 0 Å². The van der Waals surface area contributed by atoms with Crippen LogP contribution in [0.2, 0.25) is 0 Å². The number of benzene rings is 1. The highest BCUT2D eigenvalue weighted by Crippen LogP contribution is 2.40. The molecular formula is C21H33NOS. The van der Waals surface area contributed by atoms with E-state index in [9.17, 15) is 5.11 Å². The fourth-order valence-electron chi connectivity index (χ4n) is 4.46. The van der Waals surface area contributed by atoms with Gasteiger partial charge in [0.15, 0.2) is 0 Å². The normalized spacial score (nSPS) is 29.7. The van der Waals surface area contributed by atoms with E-state index in [4.69, 9.17) is 0 Å². The lowest BCUT2D eigenvalue weighted by Gasteiger charge is -2.44. The molecule has 0 radical (unpaired) electrons. The predicted molar refractivity (Wildman–Crippen MR) is 105 cm³/mol. The number of hydrogen-bond donors (Lipinski definition) is 1. The first-order valence-corrected chi connectivity index (χ1v) is 10.8. The summed E-state index contributed by atoms with van der Waals surface area (Å²) in [5, 5.41) is 10.8. The molecule has 1 saturated heterocycles. The van der Waals surface area contributed by atoms with E-state index in [0.29, 0.717) is 17.7 Å². The lowest BCUT2D eigenvalue weighted by Crippen LogP contribution is -2.42. The van der Waals surface area contributed by atoms with Gasteiger partial charge in [0.1, 0.15) is 5.75 Å². The van der Waals surface area contributed by atoms with E-state index in [2.05, 4.69) is 36.6 Å². The lowest BCUT2D eigenvalue weighted by molar-refractivity contribution is 0.0691. The van der Waals surface area contributed by atoms with E-state index in [1.807, 2.05) is 12.1 Å². The molecule has 0 bridgehead atoms. The standard InChI is InChI=1S/C21H33NOS/c1-16-11-12-22(13-14-24-20-9-4-3-5-10-20)21(17(16)2)18-7-6-8-19(23)15-18/h6-8,15-17,20-21,23H,3-5,9-14H2,1-2H3/t16-,17+,21?/m0/s1. The third-order valence-corrected chi connectivity index (χ3v) is 7.52. The summed E-state index contributed by atoms with van der Waals surface area (Å²) < 4.78 is 0. The SMILES string of the molecule is C[C@H]1CCN(CCSC2CCCCC2)C(c2cccc(O)c2)[C@@H]1C. The summed E-state index contributed by atoms with van der Waals surface area (Å²) in [4.78, 5) is 2.68. The van der Waals surface area contributed by atoms with Gasteiger partial charge >= 0.3 is 0 Å². The third-order valence-electron chi connectivity index (χ3n) is 6.16. The minimum Gasteiger partial charge on any atom is -0.508 e. The van der Waals surface area contributed by atoms with Crippen LogP contribution in [0.1, 0.15) is 64.0 Å². The van der Waals surface area contributed by atoms with Crippen LogP contribution in [0, 0.1) is 11.8 Å². The number of aromatic hydroxyl groups is 1. The van der Waals surface area contributed by atoms with E-state index < -0.39 is 0 Å². The fourth-order valence-corrected chi connectivity index (χ4v) is 5.80. The molecule has 1 aliphatic heterocycles. The van der Waals surface area contributed by atoms with Gasteiger partial charge in [-0.05, 0) is 55.3 Å². The number of thioether (sulfide) groups is 1. The Morgan fingerprint density at radius 1 is 1.12 bits per heavy atom. The molecule has 1 saturated carbocycles. The molecule has 2 nitrogen and oxygen atoms in total. The Bertz CT molecular complexity index is 514. The summed E-state index contributed by atoms with van der Waals surface area (Å²) in [6.07, 6.45) is 8.45. The van der Waals surface area contributed by atoms with Crippen LogP contribution in [-0.2, 0) is 0 Å². The highest BCUT2D eigenvalue weighted by molar-refractivity contribution is 7.99. The van der Waals surface area contributed by atoms with Crippen LogP contribution in [0.5, 0.6) is 5.75 Å². The number of phenols is 1. The first-order chi connectivity index (χ1) is 11.6. The minimum absolute atomic E-state index is 0.398. The second kappa shape index (κ2) is 8.62. The minimum atomic E-state index is 0.398. The Kier molecular flexibility index (Phi) is 6.51. The van der Waals surface area contributed by atoms with Gasteiger partial charge in [0.2, 0.25) is 0 Å². The van der Waals surface area contributed by atoms with Gasteiger partial charge in [0.25, 0.3) is 0 Å².